The molecule has 4 heteroatoms. The fourth-order valence-electron chi connectivity index (χ4n) is 2.30. The summed E-state index contributed by atoms with van der Waals surface area (Å²) in [6.45, 7) is 4.88. The number of nitrogens with one attached hydrogen (secondary N) is 1. The van der Waals surface area contributed by atoms with E-state index in [1.807, 2.05) is 68.7 Å². The van der Waals surface area contributed by atoms with Gasteiger partial charge >= 0.3 is 0 Å². The number of nitrogens with zero attached hydrogens (tertiary/aromatic N) is 1. The minimum Gasteiger partial charge on any atom is -0.489 e. The van der Waals surface area contributed by atoms with Gasteiger partial charge in [-0.3, -0.25) is 4.79 Å². The third-order valence-electron chi connectivity index (χ3n) is 3.37. The summed E-state index contributed by atoms with van der Waals surface area (Å²) in [6, 6.07) is 13.6. The summed E-state index contributed by atoms with van der Waals surface area (Å²) in [5.74, 6) is 0.749. The zero-order chi connectivity index (χ0) is 16.5. The lowest BCUT2D eigenvalue weighted by Crippen LogP contribution is -2.32. The number of para-hydroxylation sites is 2. The summed E-state index contributed by atoms with van der Waals surface area (Å²) in [6.07, 6.45) is 6.52. The van der Waals surface area contributed by atoms with E-state index in [1.54, 1.807) is 0 Å². The van der Waals surface area contributed by atoms with Crippen LogP contribution in [-0.4, -0.2) is 12.0 Å². The summed E-state index contributed by atoms with van der Waals surface area (Å²) in [4.78, 5) is 12.1. The SMILES string of the molecule is CC(C)Oc1ccccc1NC(=O)CCCC[n+]1ccccc1. The molecular weight excluding hydrogens is 288 g/mol. The highest BCUT2D eigenvalue weighted by Crippen LogP contribution is 2.25. The number of pyridine rings is 1. The predicted octanol–water partition coefficient (Wildman–Crippen LogP) is 3.57. The molecule has 0 aliphatic rings. The number of unbranched alkanes of at least 4 members (excludes halogenated alkanes) is 1. The fraction of sp³-hybridized carbons (Fsp3) is 0.368. The van der Waals surface area contributed by atoms with Crippen molar-refractivity contribution in [1.29, 1.82) is 0 Å². The fourth-order valence-corrected chi connectivity index (χ4v) is 2.30. The number of hydrogen-bond donors (Lipinski definition) is 1. The van der Waals surface area contributed by atoms with Crippen LogP contribution in [-0.2, 0) is 11.3 Å². The van der Waals surface area contributed by atoms with Crippen molar-refractivity contribution in [3.8, 4) is 5.75 Å². The maximum absolute atomic E-state index is 12.1. The molecule has 0 aliphatic heterocycles. The van der Waals surface area contributed by atoms with Gasteiger partial charge in [-0.2, -0.15) is 0 Å². The molecule has 1 N–H and O–H groups in total. The van der Waals surface area contributed by atoms with Gasteiger partial charge in [0, 0.05) is 25.0 Å². The van der Waals surface area contributed by atoms with Gasteiger partial charge in [-0.25, -0.2) is 4.57 Å². The summed E-state index contributed by atoms with van der Waals surface area (Å²) in [5, 5.41) is 2.94. The minimum atomic E-state index is 0.0304. The first-order valence-corrected chi connectivity index (χ1v) is 8.15. The molecule has 2 rings (SSSR count). The molecule has 0 radical (unpaired) electrons. The Morgan fingerprint density at radius 3 is 2.57 bits per heavy atom. The van der Waals surface area contributed by atoms with E-state index >= 15 is 0 Å². The number of ether oxygens (including phenoxy) is 1. The first kappa shape index (κ1) is 17.0. The standard InChI is InChI=1S/C19H24N2O2/c1-16(2)23-18-11-5-4-10-17(18)20-19(22)12-6-9-15-21-13-7-3-8-14-21/h3-5,7-8,10-11,13-14,16H,6,9,12,15H2,1-2H3/p+1. The number of aromatic nitrogens is 1. The van der Waals surface area contributed by atoms with E-state index in [0.29, 0.717) is 6.42 Å². The first-order valence-electron chi connectivity index (χ1n) is 8.15. The van der Waals surface area contributed by atoms with Crippen molar-refractivity contribution in [2.75, 3.05) is 5.32 Å². The highest BCUT2D eigenvalue weighted by Gasteiger charge is 2.09. The van der Waals surface area contributed by atoms with Gasteiger partial charge in [-0.05, 0) is 32.4 Å². The van der Waals surface area contributed by atoms with Gasteiger partial charge in [-0.1, -0.05) is 18.2 Å². The maximum Gasteiger partial charge on any atom is 0.224 e. The van der Waals surface area contributed by atoms with E-state index in [9.17, 15) is 4.79 Å². The number of hydrogen-bond acceptors (Lipinski definition) is 2. The van der Waals surface area contributed by atoms with Crippen LogP contribution in [0.25, 0.3) is 0 Å². The normalized spacial score (nSPS) is 10.6. The van der Waals surface area contributed by atoms with E-state index in [2.05, 4.69) is 9.88 Å². The maximum atomic E-state index is 12.1. The number of benzene rings is 1. The highest BCUT2D eigenvalue weighted by molar-refractivity contribution is 5.92. The van der Waals surface area contributed by atoms with E-state index in [0.717, 1.165) is 30.8 Å². The second-order valence-electron chi connectivity index (χ2n) is 5.78. The number of anilines is 1. The molecule has 23 heavy (non-hydrogen) atoms. The van der Waals surface area contributed by atoms with Crippen molar-refractivity contribution in [2.45, 2.75) is 45.8 Å². The summed E-state index contributed by atoms with van der Waals surface area (Å²) in [7, 11) is 0. The second kappa shape index (κ2) is 8.93. The summed E-state index contributed by atoms with van der Waals surface area (Å²) in [5.41, 5.74) is 0.739. The molecular formula is C19H25N2O2+. The molecule has 1 heterocycles. The van der Waals surface area contributed by atoms with Crippen LogP contribution in [0.15, 0.2) is 54.9 Å². The Morgan fingerprint density at radius 2 is 1.83 bits per heavy atom. The lowest BCUT2D eigenvalue weighted by molar-refractivity contribution is -0.697. The monoisotopic (exact) mass is 313 g/mol. The topological polar surface area (TPSA) is 42.2 Å². The van der Waals surface area contributed by atoms with Gasteiger partial charge in [0.1, 0.15) is 12.3 Å². The molecule has 1 aromatic heterocycles. The quantitative estimate of drug-likeness (QED) is 0.598. The van der Waals surface area contributed by atoms with Crippen LogP contribution in [0.2, 0.25) is 0 Å². The lowest BCUT2D eigenvalue weighted by atomic mass is 10.2. The van der Waals surface area contributed by atoms with E-state index in [-0.39, 0.29) is 12.0 Å². The van der Waals surface area contributed by atoms with Crippen LogP contribution >= 0.6 is 0 Å². The van der Waals surface area contributed by atoms with Gasteiger partial charge in [0.15, 0.2) is 12.4 Å². The van der Waals surface area contributed by atoms with Gasteiger partial charge in [0.2, 0.25) is 5.91 Å². The number of carbonyl (C=O) groups is 1. The van der Waals surface area contributed by atoms with Crippen LogP contribution in [0, 0.1) is 0 Å². The van der Waals surface area contributed by atoms with Crippen LogP contribution in [0.1, 0.15) is 33.1 Å². The van der Waals surface area contributed by atoms with Crippen LogP contribution in [0.3, 0.4) is 0 Å². The lowest BCUT2D eigenvalue weighted by Gasteiger charge is -2.14. The average molecular weight is 313 g/mol. The zero-order valence-corrected chi connectivity index (χ0v) is 13.9. The van der Waals surface area contributed by atoms with Crippen molar-refractivity contribution in [1.82, 2.24) is 0 Å². The van der Waals surface area contributed by atoms with Crippen molar-refractivity contribution < 1.29 is 14.1 Å². The molecule has 1 amide bonds. The van der Waals surface area contributed by atoms with Crippen LogP contribution in [0.4, 0.5) is 5.69 Å². The molecule has 2 aromatic rings. The van der Waals surface area contributed by atoms with E-state index in [4.69, 9.17) is 4.74 Å². The van der Waals surface area contributed by atoms with Crippen molar-refractivity contribution >= 4 is 11.6 Å². The molecule has 4 nitrogen and oxygen atoms in total. The van der Waals surface area contributed by atoms with Crippen molar-refractivity contribution in [3.63, 3.8) is 0 Å². The Labute approximate surface area is 138 Å². The third kappa shape index (κ3) is 6.10. The Bertz CT molecular complexity index is 612. The molecule has 0 fully saturated rings. The zero-order valence-electron chi connectivity index (χ0n) is 13.9. The molecule has 122 valence electrons. The van der Waals surface area contributed by atoms with Gasteiger partial charge in [0.05, 0.1) is 11.8 Å². The smallest absolute Gasteiger partial charge is 0.224 e. The molecule has 0 saturated carbocycles. The molecule has 0 unspecified atom stereocenters. The molecule has 1 aromatic carbocycles. The van der Waals surface area contributed by atoms with Crippen molar-refractivity contribution in [3.05, 3.63) is 54.9 Å². The Kier molecular flexibility index (Phi) is 6.60. The summed E-state index contributed by atoms with van der Waals surface area (Å²) >= 11 is 0. The Morgan fingerprint density at radius 1 is 1.09 bits per heavy atom. The molecule has 0 spiro atoms. The first-order chi connectivity index (χ1) is 11.1. The van der Waals surface area contributed by atoms with Gasteiger partial charge in [0.25, 0.3) is 0 Å². The highest BCUT2D eigenvalue weighted by atomic mass is 16.5. The summed E-state index contributed by atoms with van der Waals surface area (Å²) < 4.78 is 7.84. The largest absolute Gasteiger partial charge is 0.489 e. The molecule has 0 atom stereocenters. The number of amides is 1. The number of aryl methyl sites for hydroxylation is 1. The predicted molar refractivity (Wildman–Crippen MR) is 91.3 cm³/mol. The minimum absolute atomic E-state index is 0.0304. The Balaban J connectivity index is 1.76. The average Bonchev–Trinajstić information content (AvgIpc) is 2.54. The molecule has 0 saturated heterocycles. The van der Waals surface area contributed by atoms with E-state index < -0.39 is 0 Å². The van der Waals surface area contributed by atoms with Crippen LogP contribution in [0.5, 0.6) is 5.75 Å². The third-order valence-corrected chi connectivity index (χ3v) is 3.37. The van der Waals surface area contributed by atoms with Gasteiger partial charge in [-0.15, -0.1) is 0 Å². The Hall–Kier alpha value is -2.36. The number of rotatable bonds is 8. The number of carbonyl (C=O) groups excluding carboxylic acids is 1. The van der Waals surface area contributed by atoms with E-state index in [1.165, 1.54) is 0 Å². The molecule has 0 bridgehead atoms. The van der Waals surface area contributed by atoms with Crippen molar-refractivity contribution in [2.24, 2.45) is 0 Å². The van der Waals surface area contributed by atoms with Gasteiger partial charge < -0.3 is 10.1 Å². The second-order valence-corrected chi connectivity index (χ2v) is 5.78. The molecule has 0 aliphatic carbocycles. The van der Waals surface area contributed by atoms with Crippen LogP contribution < -0.4 is 14.6 Å².